The lowest BCUT2D eigenvalue weighted by atomic mass is 10.1. The van der Waals surface area contributed by atoms with Crippen LogP contribution in [0.15, 0.2) is 30.3 Å². The van der Waals surface area contributed by atoms with E-state index in [2.05, 4.69) is 15.2 Å². The van der Waals surface area contributed by atoms with Gasteiger partial charge in [0.05, 0.1) is 18.7 Å². The molecular weight excluding hydrogens is 280 g/mol. The number of aromatic nitrogens is 3. The molecular formula is C16H20N4O2. The molecule has 2 heterocycles. The Balaban J connectivity index is 1.85. The molecule has 3 rings (SSSR count). The number of aliphatic carboxylic acids is 1. The van der Waals surface area contributed by atoms with Gasteiger partial charge in [0, 0.05) is 12.1 Å². The number of carboxylic acids is 1. The highest BCUT2D eigenvalue weighted by Crippen LogP contribution is 2.22. The van der Waals surface area contributed by atoms with Gasteiger partial charge in [0.15, 0.2) is 0 Å². The van der Waals surface area contributed by atoms with E-state index in [-0.39, 0.29) is 6.42 Å². The van der Waals surface area contributed by atoms with Crippen LogP contribution in [0.25, 0.3) is 11.3 Å². The van der Waals surface area contributed by atoms with Gasteiger partial charge in [0.25, 0.3) is 0 Å². The number of rotatable bonds is 6. The highest BCUT2D eigenvalue weighted by Gasteiger charge is 2.18. The summed E-state index contributed by atoms with van der Waals surface area (Å²) >= 11 is 0. The van der Waals surface area contributed by atoms with Gasteiger partial charge < -0.3 is 10.0 Å². The Morgan fingerprint density at radius 3 is 2.55 bits per heavy atom. The van der Waals surface area contributed by atoms with E-state index < -0.39 is 5.97 Å². The SMILES string of the molecule is O=C(O)Cc1nnn(CCN2CCCC2)c1-c1ccccc1. The molecule has 6 heteroatoms. The van der Waals surface area contributed by atoms with E-state index in [0.717, 1.165) is 37.4 Å². The van der Waals surface area contributed by atoms with Crippen LogP contribution in [0.2, 0.25) is 0 Å². The highest BCUT2D eigenvalue weighted by atomic mass is 16.4. The monoisotopic (exact) mass is 300 g/mol. The van der Waals surface area contributed by atoms with Crippen molar-refractivity contribution in [1.29, 1.82) is 0 Å². The Labute approximate surface area is 129 Å². The van der Waals surface area contributed by atoms with Crippen molar-refractivity contribution in [3.63, 3.8) is 0 Å². The molecule has 0 spiro atoms. The molecule has 0 unspecified atom stereocenters. The molecule has 1 aromatic carbocycles. The predicted octanol–water partition coefficient (Wildman–Crippen LogP) is 1.67. The standard InChI is InChI=1S/C16H20N4O2/c21-15(22)12-14-16(13-6-2-1-3-7-13)20(18-17-14)11-10-19-8-4-5-9-19/h1-3,6-7H,4-5,8-12H2,(H,21,22). The van der Waals surface area contributed by atoms with Crippen LogP contribution in [-0.2, 0) is 17.8 Å². The fourth-order valence-electron chi connectivity index (χ4n) is 2.92. The quantitative estimate of drug-likeness (QED) is 0.878. The van der Waals surface area contributed by atoms with Crippen molar-refractivity contribution in [2.45, 2.75) is 25.8 Å². The molecule has 2 aromatic rings. The minimum absolute atomic E-state index is 0.103. The Bertz CT molecular complexity index is 633. The van der Waals surface area contributed by atoms with E-state index in [1.54, 1.807) is 0 Å². The van der Waals surface area contributed by atoms with Crippen LogP contribution in [0.3, 0.4) is 0 Å². The van der Waals surface area contributed by atoms with Gasteiger partial charge in [-0.2, -0.15) is 0 Å². The normalized spacial score (nSPS) is 15.3. The lowest BCUT2D eigenvalue weighted by Gasteiger charge is -2.15. The first-order chi connectivity index (χ1) is 10.7. The Morgan fingerprint density at radius 2 is 1.86 bits per heavy atom. The minimum atomic E-state index is -0.885. The zero-order valence-electron chi connectivity index (χ0n) is 12.5. The Hall–Kier alpha value is -2.21. The molecule has 1 aliphatic heterocycles. The molecule has 1 N–H and O–H groups in total. The average molecular weight is 300 g/mol. The molecule has 22 heavy (non-hydrogen) atoms. The first-order valence-corrected chi connectivity index (χ1v) is 7.66. The highest BCUT2D eigenvalue weighted by molar-refractivity contribution is 5.73. The van der Waals surface area contributed by atoms with Crippen LogP contribution in [0.5, 0.6) is 0 Å². The van der Waals surface area contributed by atoms with Crippen molar-refractivity contribution < 1.29 is 9.90 Å². The number of hydrogen-bond acceptors (Lipinski definition) is 4. The zero-order valence-corrected chi connectivity index (χ0v) is 12.5. The van der Waals surface area contributed by atoms with Crippen molar-refractivity contribution >= 4 is 5.97 Å². The fourth-order valence-corrected chi connectivity index (χ4v) is 2.92. The molecule has 1 aromatic heterocycles. The smallest absolute Gasteiger partial charge is 0.309 e. The maximum absolute atomic E-state index is 11.0. The summed E-state index contributed by atoms with van der Waals surface area (Å²) in [6, 6.07) is 9.76. The second-order valence-electron chi connectivity index (χ2n) is 5.59. The van der Waals surface area contributed by atoms with Gasteiger partial charge in [0.1, 0.15) is 5.69 Å². The van der Waals surface area contributed by atoms with Gasteiger partial charge in [-0.1, -0.05) is 35.5 Å². The van der Waals surface area contributed by atoms with Crippen LogP contribution < -0.4 is 0 Å². The molecule has 1 aliphatic rings. The van der Waals surface area contributed by atoms with E-state index in [1.165, 1.54) is 12.8 Å². The molecule has 0 saturated carbocycles. The van der Waals surface area contributed by atoms with Crippen LogP contribution in [0.1, 0.15) is 18.5 Å². The lowest BCUT2D eigenvalue weighted by Crippen LogP contribution is -2.24. The third kappa shape index (κ3) is 3.33. The summed E-state index contributed by atoms with van der Waals surface area (Å²) in [4.78, 5) is 13.5. The van der Waals surface area contributed by atoms with Crippen molar-refractivity contribution in [3.8, 4) is 11.3 Å². The lowest BCUT2D eigenvalue weighted by molar-refractivity contribution is -0.136. The van der Waals surface area contributed by atoms with E-state index in [1.807, 2.05) is 35.0 Å². The van der Waals surface area contributed by atoms with Crippen LogP contribution in [-0.4, -0.2) is 50.6 Å². The van der Waals surface area contributed by atoms with Gasteiger partial charge in [0.2, 0.25) is 0 Å². The third-order valence-corrected chi connectivity index (χ3v) is 4.00. The summed E-state index contributed by atoms with van der Waals surface area (Å²) in [6.45, 7) is 3.93. The topological polar surface area (TPSA) is 71.2 Å². The summed E-state index contributed by atoms with van der Waals surface area (Å²) in [5.74, 6) is -0.885. The number of carboxylic acid groups (broad SMARTS) is 1. The number of hydrogen-bond donors (Lipinski definition) is 1. The van der Waals surface area contributed by atoms with Gasteiger partial charge >= 0.3 is 5.97 Å². The summed E-state index contributed by atoms with van der Waals surface area (Å²) < 4.78 is 1.84. The molecule has 0 bridgehead atoms. The minimum Gasteiger partial charge on any atom is -0.481 e. The molecule has 6 nitrogen and oxygen atoms in total. The van der Waals surface area contributed by atoms with E-state index >= 15 is 0 Å². The summed E-state index contributed by atoms with van der Waals surface area (Å²) in [5, 5.41) is 17.3. The number of nitrogens with zero attached hydrogens (tertiary/aromatic N) is 4. The van der Waals surface area contributed by atoms with E-state index in [9.17, 15) is 4.79 Å². The van der Waals surface area contributed by atoms with Gasteiger partial charge in [-0.3, -0.25) is 4.79 Å². The molecule has 0 aliphatic carbocycles. The van der Waals surface area contributed by atoms with Gasteiger partial charge in [-0.15, -0.1) is 5.10 Å². The van der Waals surface area contributed by atoms with E-state index in [0.29, 0.717) is 5.69 Å². The Kier molecular flexibility index (Phi) is 4.48. The maximum Gasteiger partial charge on any atom is 0.309 e. The summed E-state index contributed by atoms with van der Waals surface area (Å²) in [6.07, 6.45) is 2.41. The van der Waals surface area contributed by atoms with Crippen molar-refractivity contribution in [2.24, 2.45) is 0 Å². The van der Waals surface area contributed by atoms with E-state index in [4.69, 9.17) is 5.11 Å². The van der Waals surface area contributed by atoms with Gasteiger partial charge in [-0.25, -0.2) is 4.68 Å². The number of benzene rings is 1. The average Bonchev–Trinajstić information content (AvgIpc) is 3.15. The molecule has 0 amide bonds. The fraction of sp³-hybridized carbons (Fsp3) is 0.438. The van der Waals surface area contributed by atoms with Crippen molar-refractivity contribution in [3.05, 3.63) is 36.0 Å². The number of carbonyl (C=O) groups is 1. The van der Waals surface area contributed by atoms with Crippen molar-refractivity contribution in [2.75, 3.05) is 19.6 Å². The second kappa shape index (κ2) is 6.70. The maximum atomic E-state index is 11.0. The van der Waals surface area contributed by atoms with Crippen LogP contribution in [0.4, 0.5) is 0 Å². The molecule has 1 saturated heterocycles. The van der Waals surface area contributed by atoms with Crippen molar-refractivity contribution in [1.82, 2.24) is 19.9 Å². The number of likely N-dealkylation sites (tertiary alicyclic amines) is 1. The van der Waals surface area contributed by atoms with Crippen LogP contribution in [0, 0.1) is 0 Å². The first-order valence-electron chi connectivity index (χ1n) is 7.66. The summed E-state index contributed by atoms with van der Waals surface area (Å²) in [5.41, 5.74) is 2.31. The van der Waals surface area contributed by atoms with Crippen LogP contribution >= 0.6 is 0 Å². The largest absolute Gasteiger partial charge is 0.481 e. The molecule has 0 radical (unpaired) electrons. The Morgan fingerprint density at radius 1 is 1.14 bits per heavy atom. The first kappa shape index (κ1) is 14.7. The summed E-state index contributed by atoms with van der Waals surface area (Å²) in [7, 11) is 0. The zero-order chi connectivity index (χ0) is 15.4. The molecule has 1 fully saturated rings. The third-order valence-electron chi connectivity index (χ3n) is 4.00. The molecule has 116 valence electrons. The second-order valence-corrected chi connectivity index (χ2v) is 5.59. The van der Waals surface area contributed by atoms with Gasteiger partial charge in [-0.05, 0) is 25.9 Å². The predicted molar refractivity (Wildman–Crippen MR) is 82.5 cm³/mol. The molecule has 0 atom stereocenters.